The van der Waals surface area contributed by atoms with Gasteiger partial charge in [0.1, 0.15) is 0 Å². The van der Waals surface area contributed by atoms with E-state index in [-0.39, 0.29) is 33.7 Å². The maximum Gasteiger partial charge on any atom is 0.416 e. The molecule has 0 saturated carbocycles. The van der Waals surface area contributed by atoms with Crippen molar-refractivity contribution < 1.29 is 32.3 Å². The summed E-state index contributed by atoms with van der Waals surface area (Å²) in [6.45, 7) is -0.138. The molecule has 7 nitrogen and oxygen atoms in total. The lowest BCUT2D eigenvalue weighted by atomic mass is 10.1. The lowest BCUT2D eigenvalue weighted by Crippen LogP contribution is -2.45. The van der Waals surface area contributed by atoms with Gasteiger partial charge in [-0.2, -0.15) is 13.2 Å². The van der Waals surface area contributed by atoms with E-state index in [1.807, 2.05) is 0 Å². The Labute approximate surface area is 193 Å². The Morgan fingerprint density at radius 3 is 2.47 bits per heavy atom. The van der Waals surface area contributed by atoms with Crippen LogP contribution in [0.3, 0.4) is 0 Å². The van der Waals surface area contributed by atoms with Gasteiger partial charge in [-0.3, -0.25) is 19.3 Å². The summed E-state index contributed by atoms with van der Waals surface area (Å²) in [5, 5.41) is 3.82. The van der Waals surface area contributed by atoms with Crippen molar-refractivity contribution in [3.8, 4) is 0 Å². The van der Waals surface area contributed by atoms with Crippen LogP contribution in [0.25, 0.3) is 0 Å². The number of carbonyl (C=O) groups excluding carboxylic acids is 4. The minimum absolute atomic E-state index is 0.0235. The van der Waals surface area contributed by atoms with Crippen LogP contribution in [0.4, 0.5) is 29.3 Å². The summed E-state index contributed by atoms with van der Waals surface area (Å²) in [6.07, 6.45) is -4.85. The highest BCUT2D eigenvalue weighted by Gasteiger charge is 2.35. The molecule has 0 bridgehead atoms. The number of hydrogen-bond acceptors (Lipinski definition) is 5. The van der Waals surface area contributed by atoms with Crippen molar-refractivity contribution in [1.29, 1.82) is 0 Å². The molecule has 0 aliphatic carbocycles. The topological polar surface area (TPSA) is 95.6 Å². The zero-order valence-corrected chi connectivity index (χ0v) is 18.1. The van der Waals surface area contributed by atoms with Crippen molar-refractivity contribution in [2.24, 2.45) is 0 Å². The lowest BCUT2D eigenvalue weighted by molar-refractivity contribution is -0.138. The van der Waals surface area contributed by atoms with E-state index in [9.17, 15) is 32.3 Å². The summed E-state index contributed by atoms with van der Waals surface area (Å²) in [7, 11) is 0. The number of urea groups is 1. The average molecular weight is 506 g/mol. The van der Waals surface area contributed by atoms with Crippen LogP contribution in [0.1, 0.15) is 15.9 Å². The molecule has 0 spiro atoms. The van der Waals surface area contributed by atoms with Crippen molar-refractivity contribution in [3.63, 3.8) is 0 Å². The van der Waals surface area contributed by atoms with Gasteiger partial charge in [-0.1, -0.05) is 41.0 Å². The molecule has 0 atom stereocenters. The SMILES string of the molecule is O=C(Nc1cc(C(=O)N2CCSC(=O)C2=O)cc(C(F)(F)F)c1)Nc1cccc(Cl)c1Cl. The molecule has 1 saturated heterocycles. The van der Waals surface area contributed by atoms with Gasteiger partial charge in [0.15, 0.2) is 0 Å². The monoisotopic (exact) mass is 505 g/mol. The van der Waals surface area contributed by atoms with Crippen molar-refractivity contribution in [2.45, 2.75) is 6.18 Å². The fraction of sp³-hybridized carbons (Fsp3) is 0.158. The minimum Gasteiger partial charge on any atom is -0.308 e. The Bertz CT molecular complexity index is 1130. The fourth-order valence-electron chi connectivity index (χ4n) is 2.72. The van der Waals surface area contributed by atoms with Gasteiger partial charge in [0.05, 0.1) is 21.3 Å². The maximum absolute atomic E-state index is 13.4. The van der Waals surface area contributed by atoms with E-state index in [4.69, 9.17) is 23.2 Å². The molecule has 0 aromatic heterocycles. The number of rotatable bonds is 3. The number of benzene rings is 2. The number of hydrogen-bond donors (Lipinski definition) is 2. The van der Waals surface area contributed by atoms with E-state index in [1.165, 1.54) is 18.2 Å². The van der Waals surface area contributed by atoms with E-state index in [1.54, 1.807) is 0 Å². The van der Waals surface area contributed by atoms with Gasteiger partial charge in [0, 0.05) is 23.5 Å². The van der Waals surface area contributed by atoms with Gasteiger partial charge in [0.2, 0.25) is 0 Å². The summed E-state index contributed by atoms with van der Waals surface area (Å²) in [6, 6.07) is 5.58. The molecule has 1 aliphatic heterocycles. The van der Waals surface area contributed by atoms with Gasteiger partial charge >= 0.3 is 18.1 Å². The number of imide groups is 1. The largest absolute Gasteiger partial charge is 0.416 e. The quantitative estimate of drug-likeness (QED) is 0.456. The molecular weight excluding hydrogens is 494 g/mol. The standard InChI is InChI=1S/C19H12Cl2F3N3O4S/c20-12-2-1-3-13(14(12)21)26-18(31)25-11-7-9(6-10(8-11)19(22,23)24)15(28)27-4-5-32-17(30)16(27)29/h1-3,6-8H,4-5H2,(H2,25,26,31). The van der Waals surface area contributed by atoms with E-state index in [0.717, 1.165) is 6.07 Å². The molecule has 2 aromatic carbocycles. The molecule has 1 fully saturated rings. The van der Waals surface area contributed by atoms with Crippen LogP contribution in [0.15, 0.2) is 36.4 Å². The number of halogens is 5. The fourth-order valence-corrected chi connectivity index (χ4v) is 3.77. The molecule has 0 unspecified atom stereocenters. The van der Waals surface area contributed by atoms with Crippen LogP contribution < -0.4 is 10.6 Å². The molecule has 1 heterocycles. The summed E-state index contributed by atoms with van der Waals surface area (Å²) in [5.41, 5.74) is -2.02. The highest BCUT2D eigenvalue weighted by atomic mass is 35.5. The molecule has 2 N–H and O–H groups in total. The second-order valence-corrected chi connectivity index (χ2v) is 8.23. The van der Waals surface area contributed by atoms with Gasteiger partial charge in [0.25, 0.3) is 11.0 Å². The number of amides is 4. The summed E-state index contributed by atoms with van der Waals surface area (Å²) < 4.78 is 40.1. The highest BCUT2D eigenvalue weighted by molar-refractivity contribution is 8.15. The van der Waals surface area contributed by atoms with Crippen molar-refractivity contribution in [3.05, 3.63) is 57.6 Å². The third-order valence-corrected chi connectivity index (χ3v) is 5.82. The number of nitrogens with one attached hydrogen (secondary N) is 2. The molecule has 1 aliphatic rings. The number of alkyl halides is 3. The average Bonchev–Trinajstić information content (AvgIpc) is 2.72. The van der Waals surface area contributed by atoms with Gasteiger partial charge in [-0.25, -0.2) is 4.79 Å². The second kappa shape index (κ2) is 9.39. The second-order valence-electron chi connectivity index (χ2n) is 6.38. The smallest absolute Gasteiger partial charge is 0.308 e. The highest BCUT2D eigenvalue weighted by Crippen LogP contribution is 2.33. The minimum atomic E-state index is -4.85. The first-order valence-electron chi connectivity index (χ1n) is 8.74. The van der Waals surface area contributed by atoms with Gasteiger partial charge in [-0.15, -0.1) is 0 Å². The van der Waals surface area contributed by atoms with Crippen molar-refractivity contribution >= 4 is 69.3 Å². The predicted octanol–water partition coefficient (Wildman–Crippen LogP) is 4.90. The van der Waals surface area contributed by atoms with Crippen LogP contribution in [-0.2, 0) is 15.8 Å². The third kappa shape index (κ3) is 5.34. The molecule has 13 heteroatoms. The normalized spacial score (nSPS) is 14.3. The first-order valence-corrected chi connectivity index (χ1v) is 10.5. The molecule has 0 radical (unpaired) electrons. The Kier molecular flexibility index (Phi) is 7.01. The van der Waals surface area contributed by atoms with Crippen LogP contribution >= 0.6 is 35.0 Å². The molecule has 3 rings (SSSR count). The lowest BCUT2D eigenvalue weighted by Gasteiger charge is -2.24. The number of nitrogens with zero attached hydrogens (tertiary/aromatic N) is 1. The first kappa shape index (κ1) is 23.9. The first-order chi connectivity index (χ1) is 15.0. The molecular formula is C19H12Cl2F3N3O4S. The maximum atomic E-state index is 13.4. The Morgan fingerprint density at radius 1 is 1.06 bits per heavy atom. The summed E-state index contributed by atoms with van der Waals surface area (Å²) in [4.78, 5) is 49.0. The Balaban J connectivity index is 1.89. The van der Waals surface area contributed by atoms with E-state index in [0.29, 0.717) is 28.8 Å². The molecule has 168 valence electrons. The molecule has 2 aromatic rings. The van der Waals surface area contributed by atoms with Crippen LogP contribution in [0.5, 0.6) is 0 Å². The molecule has 32 heavy (non-hydrogen) atoms. The number of anilines is 2. The predicted molar refractivity (Wildman–Crippen MR) is 114 cm³/mol. The zero-order chi connectivity index (χ0) is 23.6. The van der Waals surface area contributed by atoms with E-state index >= 15 is 0 Å². The van der Waals surface area contributed by atoms with Crippen LogP contribution in [-0.4, -0.2) is 40.2 Å². The Hall–Kier alpha value is -2.76. The van der Waals surface area contributed by atoms with E-state index < -0.39 is 40.3 Å². The van der Waals surface area contributed by atoms with Gasteiger partial charge in [-0.05, 0) is 30.3 Å². The summed E-state index contributed by atoms with van der Waals surface area (Å²) in [5.74, 6) is -2.08. The molecule has 4 amide bonds. The van der Waals surface area contributed by atoms with Crippen molar-refractivity contribution in [1.82, 2.24) is 4.90 Å². The van der Waals surface area contributed by atoms with Crippen LogP contribution in [0.2, 0.25) is 10.0 Å². The third-order valence-electron chi connectivity index (χ3n) is 4.18. The zero-order valence-electron chi connectivity index (χ0n) is 15.8. The summed E-state index contributed by atoms with van der Waals surface area (Å²) >= 11 is 12.5. The van der Waals surface area contributed by atoms with Gasteiger partial charge < -0.3 is 10.6 Å². The Morgan fingerprint density at radius 2 is 1.78 bits per heavy atom. The number of thioether (sulfide) groups is 1. The van der Waals surface area contributed by atoms with E-state index in [2.05, 4.69) is 10.6 Å². The van der Waals surface area contributed by atoms with Crippen molar-refractivity contribution in [2.75, 3.05) is 22.9 Å². The van der Waals surface area contributed by atoms with Crippen LogP contribution in [0, 0.1) is 0 Å². The number of carbonyl (C=O) groups is 4.